The van der Waals surface area contributed by atoms with Crippen LogP contribution in [0.5, 0.6) is 5.88 Å². The van der Waals surface area contributed by atoms with Crippen LogP contribution in [-0.2, 0) is 10.9 Å². The van der Waals surface area contributed by atoms with E-state index in [2.05, 4.69) is 11.9 Å². The predicted octanol–water partition coefficient (Wildman–Crippen LogP) is 3.27. The molecule has 0 spiro atoms. The summed E-state index contributed by atoms with van der Waals surface area (Å²) in [6.45, 7) is 8.09. The van der Waals surface area contributed by atoms with Crippen molar-refractivity contribution >= 4 is 20.2 Å². The van der Waals surface area contributed by atoms with E-state index in [1.54, 1.807) is 25.3 Å². The van der Waals surface area contributed by atoms with Crippen molar-refractivity contribution in [1.29, 1.82) is 0 Å². The molecule has 0 N–H and O–H groups in total. The molecule has 1 saturated heterocycles. The molecule has 0 bridgehead atoms. The smallest absolute Gasteiger partial charge is 0.433 e. The van der Waals surface area contributed by atoms with Crippen LogP contribution in [0.25, 0.3) is 0 Å². The summed E-state index contributed by atoms with van der Waals surface area (Å²) in [5, 5.41) is 0.619. The van der Waals surface area contributed by atoms with E-state index in [-0.39, 0.29) is 17.0 Å². The molecular weight excluding hydrogens is 377 g/mol. The Balaban J connectivity index is 1.71. The molecule has 9 heteroatoms. The number of aromatic nitrogens is 1. The van der Waals surface area contributed by atoms with Crippen molar-refractivity contribution in [1.82, 2.24) is 9.55 Å². The number of alkyl halides is 3. The molecule has 1 saturated carbocycles. The first-order valence-corrected chi connectivity index (χ1v) is 10.5. The maximum atomic E-state index is 13.0. The number of carbonyl (C=O) groups excluding carboxylic acids is 1. The van der Waals surface area contributed by atoms with Crippen molar-refractivity contribution in [3.05, 3.63) is 17.8 Å². The van der Waals surface area contributed by atoms with Gasteiger partial charge in [-0.2, -0.15) is 13.2 Å². The largest absolute Gasteiger partial charge is 0.476 e. The Hall–Kier alpha value is -1.77. The van der Waals surface area contributed by atoms with Crippen molar-refractivity contribution in [3.8, 4) is 5.88 Å². The van der Waals surface area contributed by atoms with Gasteiger partial charge in [-0.25, -0.2) is 9.78 Å². The number of hydrogen-bond donors (Lipinski definition) is 0. The van der Waals surface area contributed by atoms with Crippen LogP contribution in [-0.4, -0.2) is 42.5 Å². The third kappa shape index (κ3) is 3.30. The lowest BCUT2D eigenvalue weighted by molar-refractivity contribution is -0.141. The van der Waals surface area contributed by atoms with E-state index in [9.17, 15) is 18.0 Å². The van der Waals surface area contributed by atoms with Gasteiger partial charge in [0.1, 0.15) is 17.0 Å². The normalized spacial score (nSPS) is 30.0. The number of ether oxygens (including phenoxy) is 2. The van der Waals surface area contributed by atoms with E-state index in [0.29, 0.717) is 17.6 Å². The van der Waals surface area contributed by atoms with Crippen LogP contribution in [0.15, 0.2) is 12.1 Å². The molecule has 1 aromatic heterocycles. The molecule has 1 aliphatic carbocycles. The number of fused-ring (bicyclic) bond motifs is 4. The third-order valence-electron chi connectivity index (χ3n) is 5.45. The zero-order chi connectivity index (χ0) is 19.8. The zero-order valence-electron chi connectivity index (χ0n) is 15.7. The maximum Gasteiger partial charge on any atom is 0.433 e. The van der Waals surface area contributed by atoms with Gasteiger partial charge in [0.05, 0.1) is 0 Å². The van der Waals surface area contributed by atoms with Crippen molar-refractivity contribution < 1.29 is 27.4 Å². The second-order valence-corrected chi connectivity index (χ2v) is 11.4. The highest BCUT2D eigenvalue weighted by Crippen LogP contribution is 2.57. The van der Waals surface area contributed by atoms with E-state index >= 15 is 0 Å². The van der Waals surface area contributed by atoms with Gasteiger partial charge in [0.25, 0.3) is 8.96 Å². The number of halogens is 3. The number of amides is 1. The number of rotatable bonds is 0. The molecule has 3 aliphatic rings. The van der Waals surface area contributed by atoms with Gasteiger partial charge in [-0.3, -0.25) is 0 Å². The second-order valence-electron chi connectivity index (χ2n) is 8.90. The van der Waals surface area contributed by atoms with E-state index in [0.717, 1.165) is 18.9 Å². The van der Waals surface area contributed by atoms with Gasteiger partial charge in [0, 0.05) is 11.7 Å². The van der Waals surface area contributed by atoms with Crippen LogP contribution in [0, 0.1) is 11.3 Å². The standard InChI is InChI=1S/C18H22F3N2O3Si/c1-16(2,3)26-15(24)23-9-17(4)8-10(17)7-13-25-14-11(27(13)23)5-6-12(22-14)18(19,20)21/h5-6,10,13H,7-9H2,1-4H3/t10?,13-,17-/m1/s1. The molecule has 0 aromatic carbocycles. The molecule has 3 atom stereocenters. The van der Waals surface area contributed by atoms with Crippen LogP contribution in [0.3, 0.4) is 0 Å². The minimum absolute atomic E-state index is 0.0153. The third-order valence-corrected chi connectivity index (χ3v) is 8.26. The average Bonchev–Trinajstić information content (AvgIpc) is 3.02. The molecule has 3 heterocycles. The molecule has 1 aromatic rings. The molecule has 5 nitrogen and oxygen atoms in total. The first-order chi connectivity index (χ1) is 12.4. The fourth-order valence-corrected chi connectivity index (χ4v) is 7.05. The SMILES string of the molecule is CC(C)(C)OC(=O)N1C[C@@]2(C)CC2C[C@@H]2Oc3nc(C(F)(F)F)ccc3[Si]21. The molecule has 2 fully saturated rings. The molecule has 2 aliphatic heterocycles. The van der Waals surface area contributed by atoms with Gasteiger partial charge < -0.3 is 14.0 Å². The van der Waals surface area contributed by atoms with Crippen LogP contribution in [0.2, 0.25) is 0 Å². The average molecular weight is 399 g/mol. The summed E-state index contributed by atoms with van der Waals surface area (Å²) in [6.07, 6.45) is -3.23. The van der Waals surface area contributed by atoms with Gasteiger partial charge >= 0.3 is 12.3 Å². The highest BCUT2D eigenvalue weighted by atomic mass is 28.3. The summed E-state index contributed by atoms with van der Waals surface area (Å²) in [7, 11) is -1.75. The fourth-order valence-electron chi connectivity index (χ4n) is 3.98. The van der Waals surface area contributed by atoms with Crippen molar-refractivity contribution in [2.45, 2.75) is 58.0 Å². The van der Waals surface area contributed by atoms with Gasteiger partial charge in [0.2, 0.25) is 5.88 Å². The molecular formula is C18H22F3N2O3Si. The zero-order valence-corrected chi connectivity index (χ0v) is 16.7. The summed E-state index contributed by atoms with van der Waals surface area (Å²) in [5.41, 5.74) is -1.89. The summed E-state index contributed by atoms with van der Waals surface area (Å²) in [6, 6.07) is 2.40. The summed E-state index contributed by atoms with van der Waals surface area (Å²) >= 11 is 0. The summed E-state index contributed by atoms with van der Waals surface area (Å²) in [4.78, 5) is 16.6. The minimum atomic E-state index is -4.53. The number of pyridine rings is 1. The number of carbonyl (C=O) groups is 1. The van der Waals surface area contributed by atoms with Crippen LogP contribution < -0.4 is 9.92 Å². The predicted molar refractivity (Wildman–Crippen MR) is 92.8 cm³/mol. The van der Waals surface area contributed by atoms with Crippen molar-refractivity contribution in [2.75, 3.05) is 6.54 Å². The van der Waals surface area contributed by atoms with E-state index in [1.807, 2.05) is 0 Å². The Kier molecular flexibility index (Phi) is 3.87. The quantitative estimate of drug-likeness (QED) is 0.629. The lowest BCUT2D eigenvalue weighted by Gasteiger charge is -2.32. The van der Waals surface area contributed by atoms with E-state index < -0.39 is 32.5 Å². The highest BCUT2D eigenvalue weighted by molar-refractivity contribution is 6.75. The topological polar surface area (TPSA) is 51.7 Å². The highest BCUT2D eigenvalue weighted by Gasteiger charge is 2.60. The van der Waals surface area contributed by atoms with Crippen molar-refractivity contribution in [3.63, 3.8) is 0 Å². The lowest BCUT2D eigenvalue weighted by atomic mass is 10.1. The first-order valence-electron chi connectivity index (χ1n) is 9.00. The summed E-state index contributed by atoms with van der Waals surface area (Å²) < 4.78 is 52.2. The van der Waals surface area contributed by atoms with Crippen LogP contribution in [0.1, 0.15) is 46.2 Å². The Morgan fingerprint density at radius 2 is 2.07 bits per heavy atom. The van der Waals surface area contributed by atoms with Crippen LogP contribution >= 0.6 is 0 Å². The Morgan fingerprint density at radius 1 is 1.37 bits per heavy atom. The van der Waals surface area contributed by atoms with Gasteiger partial charge in [-0.1, -0.05) is 13.0 Å². The molecule has 4 rings (SSSR count). The monoisotopic (exact) mass is 399 g/mol. The number of hydrogen-bond acceptors (Lipinski definition) is 4. The van der Waals surface area contributed by atoms with Gasteiger partial charge in [-0.05, 0) is 51.0 Å². The lowest BCUT2D eigenvalue weighted by Crippen LogP contribution is -2.57. The van der Waals surface area contributed by atoms with Gasteiger partial charge in [-0.15, -0.1) is 0 Å². The molecule has 1 unspecified atom stereocenters. The molecule has 147 valence electrons. The van der Waals surface area contributed by atoms with Gasteiger partial charge in [0.15, 0.2) is 0 Å². The molecule has 1 amide bonds. The Bertz CT molecular complexity index is 795. The van der Waals surface area contributed by atoms with E-state index in [1.165, 1.54) is 6.07 Å². The van der Waals surface area contributed by atoms with Crippen molar-refractivity contribution in [2.24, 2.45) is 11.3 Å². The molecule has 1 radical (unpaired) electrons. The van der Waals surface area contributed by atoms with E-state index in [4.69, 9.17) is 9.47 Å². The summed E-state index contributed by atoms with van der Waals surface area (Å²) in [5.74, 6) is 0.424. The number of nitrogens with zero attached hydrogens (tertiary/aromatic N) is 2. The second kappa shape index (κ2) is 5.62. The van der Waals surface area contributed by atoms with Crippen LogP contribution in [0.4, 0.5) is 18.0 Å². The Morgan fingerprint density at radius 3 is 2.70 bits per heavy atom. The minimum Gasteiger partial charge on any atom is -0.476 e. The Labute approximate surface area is 157 Å². The molecule has 27 heavy (non-hydrogen) atoms. The first kappa shape index (κ1) is 18.6. The maximum absolute atomic E-state index is 13.0. The fraction of sp³-hybridized carbons (Fsp3) is 0.667.